The molecule has 0 bridgehead atoms. The second-order valence-electron chi connectivity index (χ2n) is 5.24. The number of carbonyl (C=O) groups excluding carboxylic acids is 1. The van der Waals surface area contributed by atoms with Crippen molar-refractivity contribution < 1.29 is 4.79 Å². The van der Waals surface area contributed by atoms with Crippen LogP contribution in [0.25, 0.3) is 0 Å². The van der Waals surface area contributed by atoms with Crippen LogP contribution in [0.3, 0.4) is 0 Å². The Hall–Kier alpha value is -2.04. The molecule has 3 rings (SSSR count). The van der Waals surface area contributed by atoms with Gasteiger partial charge in [-0.25, -0.2) is 0 Å². The maximum absolute atomic E-state index is 12.4. The number of thiophene rings is 1. The first kappa shape index (κ1) is 15.8. The van der Waals surface area contributed by atoms with E-state index in [9.17, 15) is 4.79 Å². The number of nitrogens with one attached hydrogen (secondary N) is 1. The van der Waals surface area contributed by atoms with Crippen molar-refractivity contribution in [2.24, 2.45) is 0 Å². The summed E-state index contributed by atoms with van der Waals surface area (Å²) < 4.78 is 0. The van der Waals surface area contributed by atoms with E-state index in [1.165, 1.54) is 5.56 Å². The minimum Gasteiger partial charge on any atom is -0.321 e. The van der Waals surface area contributed by atoms with Crippen molar-refractivity contribution in [1.29, 1.82) is 0 Å². The highest BCUT2D eigenvalue weighted by Crippen LogP contribution is 2.30. The third-order valence-electron chi connectivity index (χ3n) is 3.39. The second-order valence-corrected chi connectivity index (χ2v) is 7.04. The van der Waals surface area contributed by atoms with Gasteiger partial charge in [-0.15, -0.1) is 11.8 Å². The standard InChI is InChI=1S/C19H17NOS2/c1-14-5-4-6-16(11-14)19(21)20-17-7-2-3-8-18(17)23-13-15-9-10-22-12-15/h2-12H,13H2,1H3,(H,20,21). The maximum atomic E-state index is 12.4. The van der Waals surface area contributed by atoms with E-state index in [4.69, 9.17) is 0 Å². The first-order valence-electron chi connectivity index (χ1n) is 7.33. The van der Waals surface area contributed by atoms with Crippen LogP contribution in [-0.4, -0.2) is 5.91 Å². The van der Waals surface area contributed by atoms with Crippen molar-refractivity contribution in [3.8, 4) is 0 Å². The summed E-state index contributed by atoms with van der Waals surface area (Å²) in [4.78, 5) is 13.5. The van der Waals surface area contributed by atoms with Crippen LogP contribution in [0.15, 0.2) is 70.3 Å². The van der Waals surface area contributed by atoms with Crippen molar-refractivity contribution >= 4 is 34.7 Å². The van der Waals surface area contributed by atoms with E-state index in [0.29, 0.717) is 5.56 Å². The molecular formula is C19H17NOS2. The lowest BCUT2D eigenvalue weighted by Crippen LogP contribution is -2.12. The van der Waals surface area contributed by atoms with Gasteiger partial charge >= 0.3 is 0 Å². The zero-order valence-corrected chi connectivity index (χ0v) is 14.4. The highest BCUT2D eigenvalue weighted by atomic mass is 32.2. The van der Waals surface area contributed by atoms with Gasteiger partial charge in [-0.2, -0.15) is 11.3 Å². The van der Waals surface area contributed by atoms with Crippen LogP contribution in [-0.2, 0) is 5.75 Å². The summed E-state index contributed by atoms with van der Waals surface area (Å²) in [5, 5.41) is 7.27. The van der Waals surface area contributed by atoms with Gasteiger partial charge in [-0.1, -0.05) is 29.8 Å². The van der Waals surface area contributed by atoms with Gasteiger partial charge in [-0.05, 0) is 53.6 Å². The molecule has 0 radical (unpaired) electrons. The van der Waals surface area contributed by atoms with Gasteiger partial charge in [-0.3, -0.25) is 4.79 Å². The number of benzene rings is 2. The average Bonchev–Trinajstić information content (AvgIpc) is 3.07. The molecule has 1 amide bonds. The van der Waals surface area contributed by atoms with E-state index in [1.807, 2.05) is 55.5 Å². The second kappa shape index (κ2) is 7.49. The summed E-state index contributed by atoms with van der Waals surface area (Å²) in [5.74, 6) is 0.832. The van der Waals surface area contributed by atoms with E-state index >= 15 is 0 Å². The first-order chi connectivity index (χ1) is 11.2. The maximum Gasteiger partial charge on any atom is 0.255 e. The molecule has 2 nitrogen and oxygen atoms in total. The van der Waals surface area contributed by atoms with Gasteiger partial charge in [0.15, 0.2) is 0 Å². The summed E-state index contributed by atoms with van der Waals surface area (Å²) in [7, 11) is 0. The third-order valence-corrected chi connectivity index (χ3v) is 5.27. The van der Waals surface area contributed by atoms with Gasteiger partial charge in [0.25, 0.3) is 5.91 Å². The number of carbonyl (C=O) groups is 1. The zero-order valence-electron chi connectivity index (χ0n) is 12.8. The van der Waals surface area contributed by atoms with Crippen LogP contribution < -0.4 is 5.32 Å². The summed E-state index contributed by atoms with van der Waals surface area (Å²) in [6, 6.07) is 17.7. The molecule has 1 N–H and O–H groups in total. The molecule has 0 fully saturated rings. The first-order valence-corrected chi connectivity index (χ1v) is 9.26. The lowest BCUT2D eigenvalue weighted by atomic mass is 10.1. The van der Waals surface area contributed by atoms with Crippen molar-refractivity contribution in [2.45, 2.75) is 17.6 Å². The highest BCUT2D eigenvalue weighted by Gasteiger charge is 2.09. The molecule has 0 saturated heterocycles. The number of amides is 1. The lowest BCUT2D eigenvalue weighted by molar-refractivity contribution is 0.102. The van der Waals surface area contributed by atoms with E-state index in [-0.39, 0.29) is 5.91 Å². The number of thioether (sulfide) groups is 1. The number of aryl methyl sites for hydroxylation is 1. The Bertz CT molecular complexity index is 797. The van der Waals surface area contributed by atoms with Crippen molar-refractivity contribution in [3.05, 3.63) is 82.0 Å². The fraction of sp³-hybridized carbons (Fsp3) is 0.105. The summed E-state index contributed by atoms with van der Waals surface area (Å²) >= 11 is 3.44. The summed E-state index contributed by atoms with van der Waals surface area (Å²) in [5.41, 5.74) is 3.93. The molecule has 1 heterocycles. The van der Waals surface area contributed by atoms with E-state index in [1.54, 1.807) is 23.1 Å². The Labute approximate surface area is 144 Å². The van der Waals surface area contributed by atoms with Crippen LogP contribution in [0.2, 0.25) is 0 Å². The molecule has 0 aliphatic rings. The number of anilines is 1. The van der Waals surface area contributed by atoms with Crippen LogP contribution in [0.5, 0.6) is 0 Å². The molecule has 2 aromatic carbocycles. The Morgan fingerprint density at radius 1 is 1.13 bits per heavy atom. The number of rotatable bonds is 5. The quantitative estimate of drug-likeness (QED) is 0.613. The molecule has 0 atom stereocenters. The van der Waals surface area contributed by atoms with Gasteiger partial charge in [0.05, 0.1) is 5.69 Å². The fourth-order valence-corrected chi connectivity index (χ4v) is 3.94. The van der Waals surface area contributed by atoms with Crippen molar-refractivity contribution in [2.75, 3.05) is 5.32 Å². The van der Waals surface area contributed by atoms with Gasteiger partial charge in [0, 0.05) is 16.2 Å². The molecule has 23 heavy (non-hydrogen) atoms. The Morgan fingerprint density at radius 2 is 2.00 bits per heavy atom. The fourth-order valence-electron chi connectivity index (χ4n) is 2.21. The normalized spacial score (nSPS) is 10.5. The van der Waals surface area contributed by atoms with Crippen LogP contribution in [0.4, 0.5) is 5.69 Å². The number of hydrogen-bond acceptors (Lipinski definition) is 3. The zero-order chi connectivity index (χ0) is 16.1. The topological polar surface area (TPSA) is 29.1 Å². The molecule has 116 valence electrons. The van der Waals surface area contributed by atoms with Crippen molar-refractivity contribution in [3.63, 3.8) is 0 Å². The Balaban J connectivity index is 1.73. The molecule has 0 unspecified atom stereocenters. The largest absolute Gasteiger partial charge is 0.321 e. The smallest absolute Gasteiger partial charge is 0.255 e. The van der Waals surface area contributed by atoms with Crippen molar-refractivity contribution in [1.82, 2.24) is 0 Å². The van der Waals surface area contributed by atoms with Gasteiger partial charge < -0.3 is 5.32 Å². The van der Waals surface area contributed by atoms with Crippen LogP contribution in [0.1, 0.15) is 21.5 Å². The molecule has 0 saturated carbocycles. The number of para-hydroxylation sites is 1. The van der Waals surface area contributed by atoms with Gasteiger partial charge in [0.1, 0.15) is 0 Å². The monoisotopic (exact) mass is 339 g/mol. The van der Waals surface area contributed by atoms with E-state index < -0.39 is 0 Å². The van der Waals surface area contributed by atoms with Gasteiger partial charge in [0.2, 0.25) is 0 Å². The van der Waals surface area contributed by atoms with E-state index in [0.717, 1.165) is 21.9 Å². The molecule has 3 aromatic rings. The SMILES string of the molecule is Cc1cccc(C(=O)Nc2ccccc2SCc2ccsc2)c1. The molecule has 0 spiro atoms. The molecular weight excluding hydrogens is 322 g/mol. The number of hydrogen-bond donors (Lipinski definition) is 1. The van der Waals surface area contributed by atoms with Crippen LogP contribution >= 0.6 is 23.1 Å². The average molecular weight is 339 g/mol. The predicted octanol–water partition coefficient (Wildman–Crippen LogP) is 5.60. The molecule has 0 aliphatic heterocycles. The minimum absolute atomic E-state index is 0.0720. The Morgan fingerprint density at radius 3 is 2.78 bits per heavy atom. The summed E-state index contributed by atoms with van der Waals surface area (Å²) in [6.07, 6.45) is 0. The van der Waals surface area contributed by atoms with E-state index in [2.05, 4.69) is 22.1 Å². The molecule has 1 aromatic heterocycles. The Kier molecular flexibility index (Phi) is 5.16. The highest BCUT2D eigenvalue weighted by molar-refractivity contribution is 7.98. The summed E-state index contributed by atoms with van der Waals surface area (Å²) in [6.45, 7) is 1.99. The third kappa shape index (κ3) is 4.24. The predicted molar refractivity (Wildman–Crippen MR) is 99.5 cm³/mol. The molecule has 0 aliphatic carbocycles. The minimum atomic E-state index is -0.0720. The van der Waals surface area contributed by atoms with Crippen LogP contribution in [0, 0.1) is 6.92 Å². The lowest BCUT2D eigenvalue weighted by Gasteiger charge is -2.11. The molecule has 4 heteroatoms.